The van der Waals surface area contributed by atoms with Crippen LogP contribution in [-0.4, -0.2) is 4.57 Å². The van der Waals surface area contributed by atoms with E-state index in [4.69, 9.17) is 0 Å². The number of aromatic nitrogens is 1. The van der Waals surface area contributed by atoms with Crippen LogP contribution in [0, 0.1) is 0 Å². The fraction of sp³-hybridized carbons (Fsp3) is 0. The van der Waals surface area contributed by atoms with E-state index in [1.54, 1.807) is 0 Å². The lowest BCUT2D eigenvalue weighted by molar-refractivity contribution is 1.18. The Morgan fingerprint density at radius 1 is 0.308 bits per heavy atom. The van der Waals surface area contributed by atoms with Crippen LogP contribution in [-0.2, 0) is 0 Å². The normalized spacial score (nSPS) is 11.5. The lowest BCUT2D eigenvalue weighted by Gasteiger charge is -2.26. The minimum atomic E-state index is 1.10. The molecule has 0 radical (unpaired) electrons. The quantitative estimate of drug-likeness (QED) is 0.172. The van der Waals surface area contributed by atoms with Crippen LogP contribution in [0.15, 0.2) is 206 Å². The van der Waals surface area contributed by atoms with Gasteiger partial charge in [-0.2, -0.15) is 0 Å². The smallest absolute Gasteiger partial charge is 0.0619 e. The second-order valence-corrected chi connectivity index (χ2v) is 13.4. The van der Waals surface area contributed by atoms with Gasteiger partial charge in [-0.3, -0.25) is 0 Å². The van der Waals surface area contributed by atoms with Crippen LogP contribution in [0.2, 0.25) is 0 Å². The van der Waals surface area contributed by atoms with Gasteiger partial charge in [0.25, 0.3) is 0 Å². The number of hydrogen-bond acceptors (Lipinski definition) is 1. The molecule has 0 aliphatic heterocycles. The zero-order valence-corrected chi connectivity index (χ0v) is 28.5. The van der Waals surface area contributed by atoms with Crippen molar-refractivity contribution < 1.29 is 0 Å². The molecule has 0 spiro atoms. The van der Waals surface area contributed by atoms with Gasteiger partial charge in [0.2, 0.25) is 0 Å². The van der Waals surface area contributed by atoms with E-state index in [1.807, 2.05) is 0 Å². The molecule has 0 unspecified atom stereocenters. The minimum absolute atomic E-state index is 1.10. The number of fused-ring (bicyclic) bond motifs is 6. The average Bonchev–Trinajstić information content (AvgIpc) is 3.57. The van der Waals surface area contributed by atoms with Gasteiger partial charge in [0.15, 0.2) is 0 Å². The Labute approximate surface area is 303 Å². The largest absolute Gasteiger partial charge is 0.310 e. The molecule has 0 N–H and O–H groups in total. The maximum atomic E-state index is 2.43. The predicted octanol–water partition coefficient (Wildman–Crippen LogP) is 13.9. The molecule has 10 aromatic rings. The van der Waals surface area contributed by atoms with Crippen molar-refractivity contribution in [3.05, 3.63) is 206 Å². The van der Waals surface area contributed by atoms with Gasteiger partial charge in [-0.05, 0) is 99.1 Å². The Morgan fingerprint density at radius 2 is 0.885 bits per heavy atom. The predicted molar refractivity (Wildman–Crippen MR) is 221 cm³/mol. The Hall–Kier alpha value is -6.90. The highest BCUT2D eigenvalue weighted by molar-refractivity contribution is 6.18. The molecule has 244 valence electrons. The van der Waals surface area contributed by atoms with Gasteiger partial charge in [-0.25, -0.2) is 0 Å². The van der Waals surface area contributed by atoms with Crippen LogP contribution in [0.3, 0.4) is 0 Å². The third kappa shape index (κ3) is 5.12. The molecule has 0 fully saturated rings. The van der Waals surface area contributed by atoms with Crippen molar-refractivity contribution >= 4 is 60.4 Å². The molecule has 0 saturated heterocycles. The third-order valence-electron chi connectivity index (χ3n) is 10.3. The Kier molecular flexibility index (Phi) is 7.18. The first-order chi connectivity index (χ1) is 25.8. The van der Waals surface area contributed by atoms with E-state index in [0.717, 1.165) is 22.7 Å². The van der Waals surface area contributed by atoms with Gasteiger partial charge in [0.05, 0.1) is 11.0 Å². The summed E-state index contributed by atoms with van der Waals surface area (Å²) < 4.78 is 2.43. The summed E-state index contributed by atoms with van der Waals surface area (Å²) in [6.07, 6.45) is 0. The Bertz CT molecular complexity index is 2880. The standard InChI is InChI=1S/C50H34N2/c1-2-11-35(12-3-1)40-16-10-17-45(34-40)51(42-26-23-37(24-27-42)41-22-21-36-13-4-5-15-39(36)33-41)43-28-30-44(31-29-43)52-49-20-9-8-19-47(49)48-32-25-38-14-6-7-18-46(38)50(48)52/h1-34H. The molecule has 1 aromatic heterocycles. The average molecular weight is 663 g/mol. The maximum absolute atomic E-state index is 2.43. The summed E-state index contributed by atoms with van der Waals surface area (Å²) in [6, 6.07) is 74.7. The van der Waals surface area contributed by atoms with Gasteiger partial charge in [0, 0.05) is 38.9 Å². The van der Waals surface area contributed by atoms with Crippen molar-refractivity contribution in [2.75, 3.05) is 4.90 Å². The van der Waals surface area contributed by atoms with E-state index in [-0.39, 0.29) is 0 Å². The van der Waals surface area contributed by atoms with Crippen molar-refractivity contribution in [2.24, 2.45) is 0 Å². The van der Waals surface area contributed by atoms with Crippen LogP contribution in [0.1, 0.15) is 0 Å². The van der Waals surface area contributed by atoms with Crippen LogP contribution in [0.5, 0.6) is 0 Å². The third-order valence-corrected chi connectivity index (χ3v) is 10.3. The number of hydrogen-bond donors (Lipinski definition) is 0. The Balaban J connectivity index is 1.10. The second kappa shape index (κ2) is 12.5. The molecular formula is C50H34N2. The molecule has 2 heteroatoms. The fourth-order valence-electron chi connectivity index (χ4n) is 7.82. The van der Waals surface area contributed by atoms with Gasteiger partial charge >= 0.3 is 0 Å². The van der Waals surface area contributed by atoms with Crippen molar-refractivity contribution in [3.8, 4) is 27.9 Å². The molecule has 0 bridgehead atoms. The zero-order valence-electron chi connectivity index (χ0n) is 28.5. The molecule has 9 aromatic carbocycles. The molecule has 0 atom stereocenters. The highest BCUT2D eigenvalue weighted by Crippen LogP contribution is 2.40. The lowest BCUT2D eigenvalue weighted by Crippen LogP contribution is -2.10. The molecule has 52 heavy (non-hydrogen) atoms. The molecule has 0 aliphatic carbocycles. The van der Waals surface area contributed by atoms with Gasteiger partial charge < -0.3 is 9.47 Å². The highest BCUT2D eigenvalue weighted by Gasteiger charge is 2.17. The number of benzene rings is 9. The van der Waals surface area contributed by atoms with Crippen molar-refractivity contribution in [1.29, 1.82) is 0 Å². The van der Waals surface area contributed by atoms with Gasteiger partial charge in [-0.15, -0.1) is 0 Å². The monoisotopic (exact) mass is 662 g/mol. The first kappa shape index (κ1) is 30.0. The highest BCUT2D eigenvalue weighted by atomic mass is 15.1. The van der Waals surface area contributed by atoms with Crippen LogP contribution in [0.25, 0.3) is 71.3 Å². The molecule has 0 aliphatic rings. The van der Waals surface area contributed by atoms with Crippen molar-refractivity contribution in [3.63, 3.8) is 0 Å². The molecule has 0 saturated carbocycles. The summed E-state index contributed by atoms with van der Waals surface area (Å²) in [6.45, 7) is 0. The minimum Gasteiger partial charge on any atom is -0.310 e. The molecular weight excluding hydrogens is 629 g/mol. The van der Waals surface area contributed by atoms with Crippen LogP contribution < -0.4 is 4.90 Å². The summed E-state index contributed by atoms with van der Waals surface area (Å²) in [5.74, 6) is 0. The Morgan fingerprint density at radius 3 is 1.69 bits per heavy atom. The first-order valence-electron chi connectivity index (χ1n) is 17.8. The summed E-state index contributed by atoms with van der Waals surface area (Å²) in [5, 5.41) is 7.53. The second-order valence-electron chi connectivity index (χ2n) is 13.4. The van der Waals surface area contributed by atoms with Crippen LogP contribution >= 0.6 is 0 Å². The van der Waals surface area contributed by atoms with E-state index < -0.39 is 0 Å². The van der Waals surface area contributed by atoms with Crippen molar-refractivity contribution in [2.45, 2.75) is 0 Å². The van der Waals surface area contributed by atoms with E-state index in [2.05, 4.69) is 216 Å². The number of anilines is 3. The number of nitrogens with zero attached hydrogens (tertiary/aromatic N) is 2. The maximum Gasteiger partial charge on any atom is 0.0619 e. The van der Waals surface area contributed by atoms with Gasteiger partial charge in [0.1, 0.15) is 0 Å². The zero-order chi connectivity index (χ0) is 34.4. The summed E-state index contributed by atoms with van der Waals surface area (Å²) in [5.41, 5.74) is 11.7. The topological polar surface area (TPSA) is 8.17 Å². The SMILES string of the molecule is c1ccc(-c2cccc(N(c3ccc(-c4ccc5ccccc5c4)cc3)c3ccc(-n4c5ccccc5c5ccc6ccccc6c54)cc3)c2)cc1. The summed E-state index contributed by atoms with van der Waals surface area (Å²) >= 11 is 0. The van der Waals surface area contributed by atoms with Crippen LogP contribution in [0.4, 0.5) is 17.1 Å². The van der Waals surface area contributed by atoms with E-state index in [9.17, 15) is 0 Å². The van der Waals surface area contributed by atoms with Gasteiger partial charge in [-0.1, -0.05) is 146 Å². The van der Waals surface area contributed by atoms with E-state index in [1.165, 1.54) is 65.6 Å². The first-order valence-corrected chi connectivity index (χ1v) is 17.8. The summed E-state index contributed by atoms with van der Waals surface area (Å²) in [4.78, 5) is 2.36. The molecule has 0 amide bonds. The molecule has 10 rings (SSSR count). The molecule has 2 nitrogen and oxygen atoms in total. The van der Waals surface area contributed by atoms with E-state index in [0.29, 0.717) is 0 Å². The van der Waals surface area contributed by atoms with E-state index >= 15 is 0 Å². The fourth-order valence-corrected chi connectivity index (χ4v) is 7.82. The number of rotatable bonds is 6. The molecule has 1 heterocycles. The number of para-hydroxylation sites is 1. The summed E-state index contributed by atoms with van der Waals surface area (Å²) in [7, 11) is 0. The van der Waals surface area contributed by atoms with Crippen molar-refractivity contribution in [1.82, 2.24) is 4.57 Å². The lowest BCUT2D eigenvalue weighted by atomic mass is 10.0.